The molecule has 2 fully saturated rings. The lowest BCUT2D eigenvalue weighted by Gasteiger charge is -2.38. The Morgan fingerprint density at radius 3 is 2.60 bits per heavy atom. The van der Waals surface area contributed by atoms with Crippen molar-refractivity contribution in [1.82, 2.24) is 10.2 Å². The number of ether oxygens (including phenoxy) is 1. The number of nitrogens with one attached hydrogen (secondary N) is 1. The van der Waals surface area contributed by atoms with Gasteiger partial charge in [-0.05, 0) is 49.7 Å². The number of carboxylic acid groups (broad SMARTS) is 1. The first-order valence-electron chi connectivity index (χ1n) is 10.8. The van der Waals surface area contributed by atoms with E-state index in [1.165, 1.54) is 6.07 Å². The fraction of sp³-hybridized carbons (Fsp3) is 0.619. The van der Waals surface area contributed by atoms with Crippen LogP contribution in [0.3, 0.4) is 0 Å². The molecule has 2 aliphatic heterocycles. The van der Waals surface area contributed by atoms with E-state index in [1.54, 1.807) is 12.1 Å². The van der Waals surface area contributed by atoms with E-state index in [0.717, 1.165) is 52.0 Å². The second kappa shape index (κ2) is 9.37. The number of para-hydroxylation sites is 1. The minimum absolute atomic E-state index is 0.0216. The van der Waals surface area contributed by atoms with E-state index in [9.17, 15) is 19.7 Å². The maximum Gasteiger partial charge on any atom is 0.547 e. The topological polar surface area (TPSA) is 108 Å². The van der Waals surface area contributed by atoms with Gasteiger partial charge in [-0.1, -0.05) is 12.1 Å². The number of hydrogen-bond donors (Lipinski definition) is 3. The molecule has 4 rings (SSSR count). The van der Waals surface area contributed by atoms with Crippen molar-refractivity contribution in [2.24, 2.45) is 5.92 Å². The van der Waals surface area contributed by atoms with Crippen LogP contribution in [0.2, 0.25) is 0 Å². The predicted octanol–water partition coefficient (Wildman–Crippen LogP) is 1.11. The molecule has 3 N–H and O–H groups in total. The Morgan fingerprint density at radius 1 is 1.17 bits per heavy atom. The summed E-state index contributed by atoms with van der Waals surface area (Å²) in [5.41, 5.74) is 0.699. The van der Waals surface area contributed by atoms with Gasteiger partial charge >= 0.3 is 13.1 Å². The highest BCUT2D eigenvalue weighted by Gasteiger charge is 2.38. The summed E-state index contributed by atoms with van der Waals surface area (Å²) in [6, 6.07) is 5.45. The van der Waals surface area contributed by atoms with Gasteiger partial charge in [0.15, 0.2) is 0 Å². The lowest BCUT2D eigenvalue weighted by molar-refractivity contribution is -0.122. The molecule has 1 aliphatic carbocycles. The number of amides is 1. The molecule has 8 nitrogen and oxygen atoms in total. The molecular formula is C21H29BN2O6. The van der Waals surface area contributed by atoms with Gasteiger partial charge in [0.25, 0.3) is 0 Å². The largest absolute Gasteiger partial charge is 0.547 e. The number of fused-ring (bicyclic) bond motifs is 1. The van der Waals surface area contributed by atoms with Gasteiger partial charge in [0.2, 0.25) is 5.91 Å². The number of nitrogens with zero attached hydrogens (tertiary/aromatic N) is 1. The summed E-state index contributed by atoms with van der Waals surface area (Å²) in [6.45, 7) is 3.62. The Balaban J connectivity index is 1.27. The number of hydrogen-bond acceptors (Lipinski definition) is 6. The van der Waals surface area contributed by atoms with Crippen molar-refractivity contribution in [2.45, 2.75) is 50.5 Å². The highest BCUT2D eigenvalue weighted by Crippen LogP contribution is 2.32. The van der Waals surface area contributed by atoms with Crippen LogP contribution in [-0.4, -0.2) is 72.3 Å². The standard InChI is InChI=1S/C21H29BN2O6/c25-19(12-14-4-6-16(7-5-14)24-8-10-29-11-9-24)23-18-13-15-2-1-3-17(21(26)27)20(15)30-22(18)28/h1-3,14,16,18,28H,4-13H2,(H,23,25)(H,26,27)/t14?,16?,18-/m0/s1. The summed E-state index contributed by atoms with van der Waals surface area (Å²) >= 11 is 0. The monoisotopic (exact) mass is 416 g/mol. The second-order valence-electron chi connectivity index (χ2n) is 8.51. The van der Waals surface area contributed by atoms with Crippen molar-refractivity contribution >= 4 is 19.0 Å². The van der Waals surface area contributed by atoms with Crippen LogP contribution in [0, 0.1) is 5.92 Å². The van der Waals surface area contributed by atoms with E-state index in [0.29, 0.717) is 30.4 Å². The number of carbonyl (C=O) groups excluding carboxylic acids is 1. The second-order valence-corrected chi connectivity index (χ2v) is 8.51. The van der Waals surface area contributed by atoms with Crippen LogP contribution in [0.15, 0.2) is 18.2 Å². The molecule has 0 bridgehead atoms. The summed E-state index contributed by atoms with van der Waals surface area (Å²) < 4.78 is 10.9. The van der Waals surface area contributed by atoms with Gasteiger partial charge in [-0.2, -0.15) is 0 Å². The fourth-order valence-corrected chi connectivity index (χ4v) is 4.90. The van der Waals surface area contributed by atoms with Crippen LogP contribution in [0.1, 0.15) is 48.0 Å². The van der Waals surface area contributed by atoms with Crippen LogP contribution in [-0.2, 0) is 16.0 Å². The first-order chi connectivity index (χ1) is 14.5. The van der Waals surface area contributed by atoms with Crippen LogP contribution in [0.5, 0.6) is 5.75 Å². The molecule has 0 spiro atoms. The lowest BCUT2D eigenvalue weighted by Crippen LogP contribution is -2.53. The molecule has 1 saturated heterocycles. The van der Waals surface area contributed by atoms with Crippen LogP contribution >= 0.6 is 0 Å². The molecule has 1 aromatic carbocycles. The third kappa shape index (κ3) is 4.79. The van der Waals surface area contributed by atoms with Gasteiger partial charge in [-0.3, -0.25) is 9.69 Å². The Morgan fingerprint density at radius 2 is 1.90 bits per heavy atom. The molecule has 1 saturated carbocycles. The van der Waals surface area contributed by atoms with Crippen LogP contribution in [0.4, 0.5) is 0 Å². The van der Waals surface area contributed by atoms with Crippen molar-refractivity contribution in [2.75, 3.05) is 26.3 Å². The maximum atomic E-state index is 12.6. The lowest BCUT2D eigenvalue weighted by atomic mass is 9.72. The van der Waals surface area contributed by atoms with Crippen molar-refractivity contribution < 1.29 is 29.1 Å². The van der Waals surface area contributed by atoms with E-state index in [2.05, 4.69) is 10.2 Å². The predicted molar refractivity (Wildman–Crippen MR) is 110 cm³/mol. The minimum Gasteiger partial charge on any atom is -0.534 e. The summed E-state index contributed by atoms with van der Waals surface area (Å²) in [5, 5.41) is 22.5. The summed E-state index contributed by atoms with van der Waals surface area (Å²) in [4.78, 5) is 26.5. The number of carbonyl (C=O) groups is 2. The molecule has 1 atom stereocenters. The number of aromatic carboxylic acids is 1. The Labute approximate surface area is 176 Å². The average Bonchev–Trinajstić information content (AvgIpc) is 2.75. The SMILES string of the molecule is O=C(CC1CCC(N2CCOCC2)CC1)N[C@H]1Cc2cccc(C(=O)O)c2OB1O. The molecule has 162 valence electrons. The van der Waals surface area contributed by atoms with Crippen molar-refractivity contribution in [3.63, 3.8) is 0 Å². The van der Waals surface area contributed by atoms with E-state index in [1.807, 2.05) is 0 Å². The zero-order valence-electron chi connectivity index (χ0n) is 17.1. The quantitative estimate of drug-likeness (QED) is 0.617. The van der Waals surface area contributed by atoms with Gasteiger partial charge in [-0.25, -0.2) is 4.79 Å². The normalized spacial score (nSPS) is 27.1. The molecule has 1 amide bonds. The summed E-state index contributed by atoms with van der Waals surface area (Å²) in [6.07, 6.45) is 5.07. The molecule has 1 aromatic rings. The Bertz CT molecular complexity index is 777. The molecule has 0 unspecified atom stereocenters. The molecule has 2 heterocycles. The van der Waals surface area contributed by atoms with Gasteiger partial charge in [-0.15, -0.1) is 0 Å². The third-order valence-electron chi connectivity index (χ3n) is 6.55. The smallest absolute Gasteiger partial charge is 0.534 e. The molecule has 0 radical (unpaired) electrons. The minimum atomic E-state index is -1.26. The molecule has 0 aromatic heterocycles. The maximum absolute atomic E-state index is 12.6. The van der Waals surface area contributed by atoms with Crippen molar-refractivity contribution in [3.8, 4) is 5.75 Å². The number of rotatable bonds is 5. The first-order valence-corrected chi connectivity index (χ1v) is 10.8. The van der Waals surface area contributed by atoms with Crippen molar-refractivity contribution in [3.05, 3.63) is 29.3 Å². The van der Waals surface area contributed by atoms with Gasteiger partial charge in [0.05, 0.1) is 24.7 Å². The molecular weight excluding hydrogens is 387 g/mol. The Hall–Kier alpha value is -2.10. The summed E-state index contributed by atoms with van der Waals surface area (Å²) in [7, 11) is -1.26. The number of carboxylic acids is 1. The average molecular weight is 416 g/mol. The van der Waals surface area contributed by atoms with Crippen molar-refractivity contribution in [1.29, 1.82) is 0 Å². The molecule has 9 heteroatoms. The van der Waals surface area contributed by atoms with Gasteiger partial charge in [0, 0.05) is 25.6 Å². The van der Waals surface area contributed by atoms with E-state index >= 15 is 0 Å². The fourth-order valence-electron chi connectivity index (χ4n) is 4.90. The summed E-state index contributed by atoms with van der Waals surface area (Å²) in [5.74, 6) is -1.23. The van der Waals surface area contributed by atoms with E-state index < -0.39 is 19.0 Å². The van der Waals surface area contributed by atoms with E-state index in [4.69, 9.17) is 9.39 Å². The van der Waals surface area contributed by atoms with Gasteiger partial charge in [0.1, 0.15) is 5.75 Å². The number of morpholine rings is 1. The Kier molecular flexibility index (Phi) is 6.60. The third-order valence-corrected chi connectivity index (χ3v) is 6.55. The number of benzene rings is 1. The molecule has 30 heavy (non-hydrogen) atoms. The van der Waals surface area contributed by atoms with Gasteiger partial charge < -0.3 is 24.8 Å². The molecule has 3 aliphatic rings. The highest BCUT2D eigenvalue weighted by atomic mass is 16.5. The first kappa shape index (κ1) is 21.1. The zero-order valence-corrected chi connectivity index (χ0v) is 17.1. The highest BCUT2D eigenvalue weighted by molar-refractivity contribution is 6.47. The van der Waals surface area contributed by atoms with Crippen LogP contribution in [0.25, 0.3) is 0 Å². The van der Waals surface area contributed by atoms with E-state index in [-0.39, 0.29) is 17.2 Å². The zero-order chi connectivity index (χ0) is 21.1. The van der Waals surface area contributed by atoms with Crippen LogP contribution < -0.4 is 9.97 Å².